The fourth-order valence-corrected chi connectivity index (χ4v) is 10.8. The smallest absolute Gasteiger partial charge is 0.208 e. The molecule has 2 saturated carbocycles. The maximum Gasteiger partial charge on any atom is 0.208 e. The van der Waals surface area contributed by atoms with Crippen LogP contribution in [0.25, 0.3) is 6.08 Å². The largest absolute Gasteiger partial charge is 0.504 e. The third kappa shape index (κ3) is 11.7. The van der Waals surface area contributed by atoms with Crippen LogP contribution in [-0.2, 0) is 6.42 Å². The van der Waals surface area contributed by atoms with Gasteiger partial charge in [0, 0.05) is 50.5 Å². The van der Waals surface area contributed by atoms with E-state index in [1.165, 1.54) is 25.2 Å². The van der Waals surface area contributed by atoms with Gasteiger partial charge in [0.05, 0.1) is 24.2 Å². The number of nitrogens with two attached hydrogens (primary N) is 1. The number of aliphatic hydroxyl groups is 6. The summed E-state index contributed by atoms with van der Waals surface area (Å²) in [6, 6.07) is 13.6. The lowest BCUT2D eigenvalue weighted by molar-refractivity contribution is -0.0552. The topological polar surface area (TPSA) is 186 Å². The Kier molecular flexibility index (Phi) is 16.7. The number of nitrogens with one attached hydrogen (secondary N) is 2. The van der Waals surface area contributed by atoms with Crippen molar-refractivity contribution in [3.05, 3.63) is 101 Å². The summed E-state index contributed by atoms with van der Waals surface area (Å²) in [5.41, 5.74) is 12.2. The van der Waals surface area contributed by atoms with Crippen LogP contribution in [0.4, 0.5) is 0 Å². The number of likely N-dealkylation sites (N-methyl/N-ethyl adjacent to an activating group) is 1. The molecule has 0 saturated heterocycles. The fraction of sp³-hybridized carbons (Fsp3) is 0.588. The number of phenolic OH excluding ortho intramolecular Hbond substituents is 1. The van der Waals surface area contributed by atoms with E-state index in [1.54, 1.807) is 6.07 Å². The highest BCUT2D eigenvalue weighted by Gasteiger charge is 2.52. The van der Waals surface area contributed by atoms with Gasteiger partial charge in [-0.2, -0.15) is 0 Å². The Morgan fingerprint density at radius 1 is 1.06 bits per heavy atom. The van der Waals surface area contributed by atoms with Gasteiger partial charge < -0.3 is 51.4 Å². The summed E-state index contributed by atoms with van der Waals surface area (Å²) in [4.78, 5) is 4.99. The van der Waals surface area contributed by atoms with Crippen LogP contribution in [0.3, 0.4) is 0 Å². The molecule has 5 aliphatic rings. The molecular formula is C51H73N4O7+. The number of fused-ring (bicyclic) bond motifs is 3. The second-order valence-electron chi connectivity index (χ2n) is 18.7. The first-order chi connectivity index (χ1) is 30.1. The van der Waals surface area contributed by atoms with E-state index in [0.717, 1.165) is 98.4 Å². The summed E-state index contributed by atoms with van der Waals surface area (Å²) in [5, 5.41) is 60.3. The summed E-state index contributed by atoms with van der Waals surface area (Å²) in [6.45, 7) is 3.06. The number of nitrogens with zero attached hydrogens (tertiary/aromatic N) is 1. The maximum absolute atomic E-state index is 11.4. The Bertz CT molecular complexity index is 1880. The zero-order valence-corrected chi connectivity index (χ0v) is 37.0. The zero-order chi connectivity index (χ0) is 43.6. The molecule has 10 atom stereocenters. The molecule has 2 aliphatic heterocycles. The highest BCUT2D eigenvalue weighted by molar-refractivity contribution is 6.03. The van der Waals surface area contributed by atoms with Crippen LogP contribution >= 0.6 is 0 Å². The molecule has 10 unspecified atom stereocenters. The van der Waals surface area contributed by atoms with Crippen molar-refractivity contribution in [2.45, 2.75) is 133 Å². The number of aliphatic hydroxyl groups excluding tert-OH is 4. The number of aliphatic imine (C=N–C) groups is 1. The van der Waals surface area contributed by atoms with Gasteiger partial charge in [-0.1, -0.05) is 74.6 Å². The van der Waals surface area contributed by atoms with Crippen molar-refractivity contribution < 1.29 is 35.0 Å². The Hall–Kier alpha value is -3.65. The molecule has 0 radical (unpaired) electrons. The van der Waals surface area contributed by atoms with Crippen LogP contribution < -0.4 is 21.1 Å². The molecule has 7 rings (SSSR count). The second kappa shape index (κ2) is 22.3. The molecular weight excluding hydrogens is 781 g/mol. The number of benzene rings is 2. The van der Waals surface area contributed by atoms with E-state index in [9.17, 15) is 25.5 Å². The highest BCUT2D eigenvalue weighted by atomic mass is 16.5. The first-order valence-electron chi connectivity index (χ1n) is 23.6. The van der Waals surface area contributed by atoms with E-state index in [0.29, 0.717) is 42.7 Å². The molecule has 10 N–H and O–H groups in total. The molecule has 62 heavy (non-hydrogen) atoms. The fourth-order valence-electron chi connectivity index (χ4n) is 10.8. The van der Waals surface area contributed by atoms with Crippen LogP contribution in [0.1, 0.15) is 113 Å². The third-order valence-corrected chi connectivity index (χ3v) is 14.1. The van der Waals surface area contributed by atoms with E-state index < -0.39 is 18.3 Å². The Balaban J connectivity index is 0.843. The molecule has 3 aliphatic carbocycles. The standard InChI is InChI=1S/C51H72N4O7/c1-32(57)28-54-45(29-53-2)50-40-14-9-11-34(40)20-22-43-42(50)27-44(55-43)47(59)31-61-49-24-33(17-23-46(49)58)16-21-39-26-37(30-56)48(62-39)15-6-4-3-5-12-38(52)25-36-19-18-35-10-7-8-13-41(35)51(36)60/h7-8,10,13,17-19,23-24,26-27,32,34,36,38,40,45,47-48,50-51,53-54,56-57,59-60,62H,3-6,9,11-12,14-16,20-22,25,28-31,52H2,1-2H3/p+1. The number of aryl methyl sites for hydroxylation is 1. The Labute approximate surface area is 369 Å². The van der Waals surface area contributed by atoms with Crippen LogP contribution in [0.5, 0.6) is 11.5 Å². The number of hydrogen-bond acceptors (Lipinski definition) is 10. The van der Waals surface area contributed by atoms with Gasteiger partial charge in [0.15, 0.2) is 17.6 Å². The lowest BCUT2D eigenvalue weighted by Gasteiger charge is -2.33. The lowest BCUT2D eigenvalue weighted by atomic mass is 9.72. The molecule has 0 spiro atoms. The van der Waals surface area contributed by atoms with Gasteiger partial charge in [-0.05, 0) is 99.6 Å². The Morgan fingerprint density at radius 3 is 2.73 bits per heavy atom. The predicted octanol–water partition coefficient (Wildman–Crippen LogP) is 6.16. The summed E-state index contributed by atoms with van der Waals surface area (Å²) in [6.07, 6.45) is 21.3. The Morgan fingerprint density at radius 2 is 1.90 bits per heavy atom. The minimum absolute atomic E-state index is 0.00260. The van der Waals surface area contributed by atoms with Crippen LogP contribution in [-0.4, -0.2) is 99.7 Å². The summed E-state index contributed by atoms with van der Waals surface area (Å²) in [7, 11) is 1.97. The van der Waals surface area contributed by atoms with Gasteiger partial charge >= 0.3 is 0 Å². The molecule has 2 heterocycles. The van der Waals surface area contributed by atoms with E-state index in [4.69, 9.17) is 20.2 Å². The summed E-state index contributed by atoms with van der Waals surface area (Å²) in [5.74, 6) is 3.03. The van der Waals surface area contributed by atoms with E-state index in [2.05, 4.69) is 28.9 Å². The van der Waals surface area contributed by atoms with Gasteiger partial charge in [0.1, 0.15) is 30.4 Å². The van der Waals surface area contributed by atoms with Gasteiger partial charge in [-0.3, -0.25) is 0 Å². The number of hydrogen-bond donors (Lipinski definition) is 8. The van der Waals surface area contributed by atoms with Crippen molar-refractivity contribution in [1.29, 1.82) is 0 Å². The molecule has 11 nitrogen and oxygen atoms in total. The molecule has 2 fully saturated rings. The van der Waals surface area contributed by atoms with Crippen molar-refractivity contribution in [1.82, 2.24) is 10.6 Å². The molecule has 0 aromatic heterocycles. The molecule has 0 amide bonds. The molecule has 11 heteroatoms. The normalized spacial score (nSPS) is 26.2. The van der Waals surface area contributed by atoms with Crippen LogP contribution in [0.15, 0.2) is 77.0 Å². The van der Waals surface area contributed by atoms with Crippen LogP contribution in [0, 0.1) is 35.7 Å². The number of rotatable bonds is 23. The van der Waals surface area contributed by atoms with Crippen molar-refractivity contribution >= 4 is 11.8 Å². The molecule has 2 aromatic rings. The summed E-state index contributed by atoms with van der Waals surface area (Å²) < 4.78 is 11.1. The first kappa shape index (κ1) is 46.3. The van der Waals surface area contributed by atoms with Crippen molar-refractivity contribution in [2.24, 2.45) is 34.4 Å². The second-order valence-corrected chi connectivity index (χ2v) is 18.7. The number of aromatic hydroxyl groups is 1. The van der Waals surface area contributed by atoms with Crippen molar-refractivity contribution in [3.63, 3.8) is 0 Å². The predicted molar refractivity (Wildman–Crippen MR) is 246 cm³/mol. The van der Waals surface area contributed by atoms with Gasteiger partial charge in [-0.25, -0.2) is 0 Å². The van der Waals surface area contributed by atoms with Crippen LogP contribution in [0.2, 0.25) is 0 Å². The number of phenols is 1. The molecule has 2 aromatic carbocycles. The van der Waals surface area contributed by atoms with Gasteiger partial charge in [0.25, 0.3) is 0 Å². The van der Waals surface area contributed by atoms with Crippen molar-refractivity contribution in [2.75, 3.05) is 33.4 Å². The maximum atomic E-state index is 11.4. The quantitative estimate of drug-likeness (QED) is 0.0369. The first-order valence-corrected chi connectivity index (χ1v) is 23.6. The zero-order valence-electron chi connectivity index (χ0n) is 37.0. The molecule has 338 valence electrons. The number of unbranched alkanes of at least 4 members (excludes halogenated alkanes) is 3. The highest BCUT2D eigenvalue weighted by Crippen LogP contribution is 2.50. The monoisotopic (exact) mass is 854 g/mol. The SMILES string of the molecule is CNCC(NCC(C)O)C1[C+]2C=C(C(O)COc3cc(CC[C-]4C=C(CO)C(CCCCCCC(N)CC5C=Cc6ccccc6C5O)[OH+]4)ccc3O)N=C2CCC2CCCC21. The van der Waals surface area contributed by atoms with Gasteiger partial charge in [0.2, 0.25) is 5.70 Å². The third-order valence-electron chi connectivity index (χ3n) is 14.1. The minimum atomic E-state index is -0.958. The number of ether oxygens (including phenoxy) is 2. The van der Waals surface area contributed by atoms with Crippen molar-refractivity contribution in [3.8, 4) is 11.5 Å². The average molecular weight is 854 g/mol. The average Bonchev–Trinajstić information content (AvgIpc) is 4.00. The van der Waals surface area contributed by atoms with Gasteiger partial charge in [-0.15, -0.1) is 16.6 Å². The van der Waals surface area contributed by atoms with E-state index >= 15 is 0 Å². The number of allylic oxidation sites excluding steroid dienone is 1. The van der Waals surface area contributed by atoms with E-state index in [1.807, 2.05) is 56.4 Å². The molecule has 0 bridgehead atoms. The lowest BCUT2D eigenvalue weighted by Crippen LogP contribution is -2.50. The van der Waals surface area contributed by atoms with E-state index in [-0.39, 0.29) is 49.0 Å². The minimum Gasteiger partial charge on any atom is -0.504 e. The summed E-state index contributed by atoms with van der Waals surface area (Å²) >= 11 is 0.